The van der Waals surface area contributed by atoms with Crippen LogP contribution in [0.3, 0.4) is 0 Å². The summed E-state index contributed by atoms with van der Waals surface area (Å²) in [6.45, 7) is 0. The fourth-order valence-electron chi connectivity index (χ4n) is 1.42. The van der Waals surface area contributed by atoms with Gasteiger partial charge in [0.05, 0.1) is 17.4 Å². The molecule has 0 aliphatic rings. The summed E-state index contributed by atoms with van der Waals surface area (Å²) in [5.74, 6) is 0.885. The number of nitrogens with zero attached hydrogens (tertiary/aromatic N) is 3. The van der Waals surface area contributed by atoms with Gasteiger partial charge in [0.25, 0.3) is 0 Å². The number of nitrogens with one attached hydrogen (secondary N) is 2. The first-order valence-corrected chi connectivity index (χ1v) is 6.48. The van der Waals surface area contributed by atoms with E-state index in [0.717, 1.165) is 4.47 Å². The van der Waals surface area contributed by atoms with Crippen LogP contribution >= 0.6 is 27.5 Å². The molecule has 1 aromatic carbocycles. The first-order chi connectivity index (χ1) is 9.13. The average molecular weight is 339 g/mol. The Balaban J connectivity index is 2.41. The van der Waals surface area contributed by atoms with Crippen molar-refractivity contribution in [1.29, 1.82) is 5.26 Å². The Bertz CT molecular complexity index is 653. The second-order valence-corrected chi connectivity index (χ2v) is 4.89. The molecule has 0 radical (unpaired) electrons. The van der Waals surface area contributed by atoms with E-state index in [1.807, 2.05) is 0 Å². The summed E-state index contributed by atoms with van der Waals surface area (Å²) in [7, 11) is 1.72. The zero-order chi connectivity index (χ0) is 13.8. The molecule has 2 N–H and O–H groups in total. The molecule has 5 nitrogen and oxygen atoms in total. The van der Waals surface area contributed by atoms with E-state index in [9.17, 15) is 0 Å². The van der Waals surface area contributed by atoms with Gasteiger partial charge in [0.1, 0.15) is 11.1 Å². The minimum atomic E-state index is 0.378. The van der Waals surface area contributed by atoms with Gasteiger partial charge < -0.3 is 10.6 Å². The van der Waals surface area contributed by atoms with Crippen LogP contribution in [0.4, 0.5) is 17.5 Å². The predicted molar refractivity (Wildman–Crippen MR) is 78.7 cm³/mol. The standard InChI is InChI=1S/C12H9BrClN5/c1-16-12-17-6-9(14)11(19-12)18-10-4-8(13)3-2-7(10)5-15/h2-4,6H,1H3,(H2,16,17,18,19). The van der Waals surface area contributed by atoms with Gasteiger partial charge in [0.15, 0.2) is 5.82 Å². The Morgan fingerprint density at radius 2 is 2.21 bits per heavy atom. The van der Waals surface area contributed by atoms with Gasteiger partial charge >= 0.3 is 0 Å². The Labute approximate surface area is 123 Å². The molecule has 2 aromatic rings. The van der Waals surface area contributed by atoms with Gasteiger partial charge in [-0.25, -0.2) is 4.98 Å². The molecule has 0 spiro atoms. The molecular weight excluding hydrogens is 330 g/mol. The van der Waals surface area contributed by atoms with E-state index in [4.69, 9.17) is 16.9 Å². The number of nitriles is 1. The van der Waals surface area contributed by atoms with Crippen molar-refractivity contribution in [3.63, 3.8) is 0 Å². The van der Waals surface area contributed by atoms with Crippen molar-refractivity contribution in [2.24, 2.45) is 0 Å². The largest absolute Gasteiger partial charge is 0.357 e. The maximum absolute atomic E-state index is 9.07. The monoisotopic (exact) mass is 337 g/mol. The van der Waals surface area contributed by atoms with Crippen LogP contribution < -0.4 is 10.6 Å². The molecule has 1 aromatic heterocycles. The fraction of sp³-hybridized carbons (Fsp3) is 0.0833. The number of hydrogen-bond acceptors (Lipinski definition) is 5. The van der Waals surface area contributed by atoms with Crippen molar-refractivity contribution in [1.82, 2.24) is 9.97 Å². The van der Waals surface area contributed by atoms with Gasteiger partial charge in [-0.15, -0.1) is 0 Å². The van der Waals surface area contributed by atoms with E-state index in [0.29, 0.717) is 28.0 Å². The number of anilines is 3. The smallest absolute Gasteiger partial charge is 0.224 e. The Morgan fingerprint density at radius 1 is 1.42 bits per heavy atom. The van der Waals surface area contributed by atoms with Crippen LogP contribution in [0.25, 0.3) is 0 Å². The van der Waals surface area contributed by atoms with Crippen LogP contribution in [0.5, 0.6) is 0 Å². The normalized spacial score (nSPS) is 9.79. The zero-order valence-corrected chi connectivity index (χ0v) is 12.2. The third kappa shape index (κ3) is 3.13. The summed E-state index contributed by atoms with van der Waals surface area (Å²) < 4.78 is 0.855. The lowest BCUT2D eigenvalue weighted by molar-refractivity contribution is 1.15. The molecule has 2 rings (SSSR count). The third-order valence-corrected chi connectivity index (χ3v) is 3.09. The summed E-state index contributed by atoms with van der Waals surface area (Å²) in [5.41, 5.74) is 1.13. The third-order valence-electron chi connectivity index (χ3n) is 2.32. The molecule has 0 aliphatic heterocycles. The molecule has 0 aliphatic carbocycles. The van der Waals surface area contributed by atoms with Gasteiger partial charge in [-0.3, -0.25) is 0 Å². The highest BCUT2D eigenvalue weighted by Crippen LogP contribution is 2.27. The maximum Gasteiger partial charge on any atom is 0.224 e. The Hall–Kier alpha value is -1.84. The molecule has 0 unspecified atom stereocenters. The minimum absolute atomic E-state index is 0.378. The number of aromatic nitrogens is 2. The summed E-state index contributed by atoms with van der Waals surface area (Å²) >= 11 is 9.39. The minimum Gasteiger partial charge on any atom is -0.357 e. The number of rotatable bonds is 3. The van der Waals surface area contributed by atoms with Crippen molar-refractivity contribution in [2.45, 2.75) is 0 Å². The van der Waals surface area contributed by atoms with Gasteiger partial charge in [-0.05, 0) is 18.2 Å². The first-order valence-electron chi connectivity index (χ1n) is 5.31. The summed E-state index contributed by atoms with van der Waals surface area (Å²) in [6, 6.07) is 7.40. The molecule has 0 saturated heterocycles. The summed E-state index contributed by atoms with van der Waals surface area (Å²) in [5, 5.41) is 15.3. The van der Waals surface area contributed by atoms with Crippen molar-refractivity contribution >= 4 is 45.0 Å². The SMILES string of the molecule is CNc1ncc(Cl)c(Nc2cc(Br)ccc2C#N)n1. The van der Waals surface area contributed by atoms with Gasteiger partial charge in [-0.1, -0.05) is 27.5 Å². The Morgan fingerprint density at radius 3 is 2.89 bits per heavy atom. The van der Waals surface area contributed by atoms with Crippen LogP contribution in [0.1, 0.15) is 5.56 Å². The molecule has 1 heterocycles. The van der Waals surface area contributed by atoms with E-state index in [-0.39, 0.29) is 0 Å². The molecular formula is C12H9BrClN5. The van der Waals surface area contributed by atoms with Crippen molar-refractivity contribution in [2.75, 3.05) is 17.7 Å². The lowest BCUT2D eigenvalue weighted by Crippen LogP contribution is -2.02. The van der Waals surface area contributed by atoms with Gasteiger partial charge in [-0.2, -0.15) is 10.2 Å². The summed E-state index contributed by atoms with van der Waals surface area (Å²) in [4.78, 5) is 8.19. The highest BCUT2D eigenvalue weighted by molar-refractivity contribution is 9.10. The van der Waals surface area contributed by atoms with E-state index in [1.54, 1.807) is 25.2 Å². The average Bonchev–Trinajstić information content (AvgIpc) is 2.41. The van der Waals surface area contributed by atoms with E-state index < -0.39 is 0 Å². The number of benzene rings is 1. The summed E-state index contributed by atoms with van der Waals surface area (Å²) in [6.07, 6.45) is 1.49. The topological polar surface area (TPSA) is 73.6 Å². The lowest BCUT2D eigenvalue weighted by atomic mass is 10.2. The molecule has 19 heavy (non-hydrogen) atoms. The number of halogens is 2. The highest BCUT2D eigenvalue weighted by atomic mass is 79.9. The second kappa shape index (κ2) is 5.87. The zero-order valence-electron chi connectivity index (χ0n) is 9.91. The van der Waals surface area contributed by atoms with Gasteiger partial charge in [0.2, 0.25) is 5.95 Å². The van der Waals surface area contributed by atoms with Crippen LogP contribution in [0.15, 0.2) is 28.9 Å². The van der Waals surface area contributed by atoms with Crippen molar-refractivity contribution < 1.29 is 0 Å². The number of hydrogen-bond donors (Lipinski definition) is 2. The molecule has 0 amide bonds. The molecule has 0 bridgehead atoms. The molecule has 0 saturated carbocycles. The van der Waals surface area contributed by atoms with E-state index in [1.165, 1.54) is 6.20 Å². The molecule has 0 fully saturated rings. The van der Waals surface area contributed by atoms with Crippen LogP contribution in [-0.2, 0) is 0 Å². The van der Waals surface area contributed by atoms with E-state index >= 15 is 0 Å². The first kappa shape index (κ1) is 13.6. The van der Waals surface area contributed by atoms with Crippen molar-refractivity contribution in [3.8, 4) is 6.07 Å². The van der Waals surface area contributed by atoms with E-state index in [2.05, 4.69) is 42.6 Å². The Kier molecular flexibility index (Phi) is 4.20. The second-order valence-electron chi connectivity index (χ2n) is 3.57. The predicted octanol–water partition coefficient (Wildman–Crippen LogP) is 3.55. The van der Waals surface area contributed by atoms with Crippen molar-refractivity contribution in [3.05, 3.63) is 39.5 Å². The van der Waals surface area contributed by atoms with Gasteiger partial charge in [0, 0.05) is 11.5 Å². The molecule has 96 valence electrons. The van der Waals surface area contributed by atoms with Crippen LogP contribution in [-0.4, -0.2) is 17.0 Å². The lowest BCUT2D eigenvalue weighted by Gasteiger charge is -2.10. The quantitative estimate of drug-likeness (QED) is 0.895. The molecule has 0 atom stereocenters. The van der Waals surface area contributed by atoms with Crippen LogP contribution in [0.2, 0.25) is 5.02 Å². The van der Waals surface area contributed by atoms with Crippen LogP contribution in [0, 0.1) is 11.3 Å². The highest BCUT2D eigenvalue weighted by Gasteiger charge is 2.08. The maximum atomic E-state index is 9.07. The fourth-order valence-corrected chi connectivity index (χ4v) is 1.92. The molecule has 7 heteroatoms.